The van der Waals surface area contributed by atoms with Crippen molar-refractivity contribution in [3.05, 3.63) is 73.3 Å². The average Bonchev–Trinajstić information content (AvgIpc) is 3.25. The first-order valence-electron chi connectivity index (χ1n) is 6.90. The maximum atomic E-state index is 11.4. The predicted octanol–water partition coefficient (Wildman–Crippen LogP) is 2.71. The van der Waals surface area contributed by atoms with Crippen LogP contribution in [-0.2, 0) is 0 Å². The number of fused-ring (bicyclic) bond motifs is 1. The quantitative estimate of drug-likeness (QED) is 0.692. The third kappa shape index (κ3) is 3.59. The van der Waals surface area contributed by atoms with Gasteiger partial charge in [0.05, 0.1) is 5.69 Å². The Morgan fingerprint density at radius 1 is 1.00 bits per heavy atom. The normalized spacial score (nSPS) is 11.7. The van der Waals surface area contributed by atoms with Gasteiger partial charge in [0.15, 0.2) is 0 Å². The second kappa shape index (κ2) is 6.99. The average molecular weight is 306 g/mol. The lowest BCUT2D eigenvalue weighted by Gasteiger charge is -2.00. The van der Waals surface area contributed by atoms with Gasteiger partial charge < -0.3 is 0 Å². The third-order valence-corrected chi connectivity index (χ3v) is 3.03. The second-order valence-corrected chi connectivity index (χ2v) is 4.56. The molecule has 4 rings (SSSR count). The van der Waals surface area contributed by atoms with Gasteiger partial charge in [0.1, 0.15) is 12.7 Å². The molecule has 0 saturated heterocycles. The number of hydrogen-bond donors (Lipinski definition) is 1. The lowest BCUT2D eigenvalue weighted by molar-refractivity contribution is 0.244. The number of nitrogens with zero attached hydrogens (tertiary/aromatic N) is 5. The number of hydrogen-bond acceptors (Lipinski definition) is 5. The molecule has 0 spiro atoms. The summed E-state index contributed by atoms with van der Waals surface area (Å²) >= 11 is 0. The molecule has 23 heavy (non-hydrogen) atoms. The summed E-state index contributed by atoms with van der Waals surface area (Å²) in [5.41, 5.74) is 5.16. The summed E-state index contributed by atoms with van der Waals surface area (Å²) in [5, 5.41) is 3.95. The molecule has 114 valence electrons. The maximum Gasteiger partial charge on any atom is 0.338 e. The minimum absolute atomic E-state index is 0.190. The van der Waals surface area contributed by atoms with E-state index in [1.807, 2.05) is 36.4 Å². The molecule has 0 atom stereocenters. The summed E-state index contributed by atoms with van der Waals surface area (Å²) in [6.45, 7) is 0. The Bertz CT molecular complexity index is 782. The van der Waals surface area contributed by atoms with E-state index in [1.54, 1.807) is 31.0 Å². The summed E-state index contributed by atoms with van der Waals surface area (Å²) < 4.78 is 2.75. The fourth-order valence-corrected chi connectivity index (χ4v) is 1.92. The number of allylic oxidation sites excluding steroid dienone is 1. The molecule has 1 N–H and O–H groups in total. The molecule has 7 nitrogen and oxygen atoms in total. The monoisotopic (exact) mass is 306 g/mol. The van der Waals surface area contributed by atoms with E-state index in [9.17, 15) is 4.79 Å². The van der Waals surface area contributed by atoms with Crippen LogP contribution in [0.4, 0.5) is 10.5 Å². The van der Waals surface area contributed by atoms with Crippen LogP contribution >= 0.6 is 0 Å². The van der Waals surface area contributed by atoms with Gasteiger partial charge >= 0.3 is 6.03 Å². The number of rotatable bonds is 0. The van der Waals surface area contributed by atoms with Gasteiger partial charge in [-0.25, -0.2) is 14.8 Å². The summed E-state index contributed by atoms with van der Waals surface area (Å²) in [6.07, 6.45) is 14.8. The minimum Gasteiger partial charge on any atom is -0.278 e. The van der Waals surface area contributed by atoms with E-state index in [-0.39, 0.29) is 6.03 Å². The van der Waals surface area contributed by atoms with E-state index < -0.39 is 0 Å². The van der Waals surface area contributed by atoms with Gasteiger partial charge in [-0.05, 0) is 17.7 Å². The number of aromatic nitrogens is 4. The van der Waals surface area contributed by atoms with Crippen molar-refractivity contribution >= 4 is 24.0 Å². The van der Waals surface area contributed by atoms with Gasteiger partial charge in [-0.15, -0.1) is 0 Å². The van der Waals surface area contributed by atoms with E-state index in [2.05, 4.69) is 20.5 Å². The molecule has 7 heteroatoms. The Hall–Kier alpha value is -3.48. The van der Waals surface area contributed by atoms with E-state index in [1.165, 1.54) is 27.4 Å². The Balaban J connectivity index is 0.000000136. The molecule has 3 aromatic rings. The van der Waals surface area contributed by atoms with E-state index >= 15 is 0 Å². The topological polar surface area (TPSA) is 77.1 Å². The molecule has 0 aliphatic carbocycles. The molecule has 1 aliphatic rings. The first kappa shape index (κ1) is 14.5. The molecular weight excluding hydrogens is 292 g/mol. The van der Waals surface area contributed by atoms with Crippen LogP contribution in [0.3, 0.4) is 0 Å². The number of hydrazone groups is 1. The second-order valence-electron chi connectivity index (χ2n) is 4.56. The molecule has 0 bridgehead atoms. The van der Waals surface area contributed by atoms with Crippen LogP contribution in [0.15, 0.2) is 72.9 Å². The molecule has 0 unspecified atom stereocenters. The molecule has 0 radical (unpaired) electrons. The lowest BCUT2D eigenvalue weighted by Crippen LogP contribution is -2.15. The van der Waals surface area contributed by atoms with E-state index in [0.717, 1.165) is 5.69 Å². The third-order valence-electron chi connectivity index (χ3n) is 3.03. The van der Waals surface area contributed by atoms with Gasteiger partial charge in [-0.1, -0.05) is 24.3 Å². The van der Waals surface area contributed by atoms with Crippen molar-refractivity contribution in [3.8, 4) is 0 Å². The summed E-state index contributed by atoms with van der Waals surface area (Å²) in [4.78, 5) is 18.9. The summed E-state index contributed by atoms with van der Waals surface area (Å²) in [5.74, 6) is 0. The van der Waals surface area contributed by atoms with Gasteiger partial charge in [0.25, 0.3) is 0 Å². The van der Waals surface area contributed by atoms with Crippen molar-refractivity contribution in [2.24, 2.45) is 5.10 Å². The van der Waals surface area contributed by atoms with Crippen molar-refractivity contribution in [3.63, 3.8) is 0 Å². The van der Waals surface area contributed by atoms with E-state index in [0.29, 0.717) is 0 Å². The molecule has 1 aliphatic heterocycles. The van der Waals surface area contributed by atoms with Gasteiger partial charge in [-0.3, -0.25) is 14.6 Å². The molecule has 0 fully saturated rings. The number of benzene rings is 1. The highest BCUT2D eigenvalue weighted by Crippen LogP contribution is 2.17. The molecule has 3 heterocycles. The Labute approximate surface area is 132 Å². The van der Waals surface area contributed by atoms with Crippen LogP contribution in [0.1, 0.15) is 5.56 Å². The largest absolute Gasteiger partial charge is 0.338 e. The van der Waals surface area contributed by atoms with Crippen LogP contribution < -0.4 is 5.43 Å². The minimum atomic E-state index is -0.190. The van der Waals surface area contributed by atoms with Crippen LogP contribution in [0.2, 0.25) is 0 Å². The zero-order valence-electron chi connectivity index (χ0n) is 12.1. The summed E-state index contributed by atoms with van der Waals surface area (Å²) in [7, 11) is 0. The number of carbonyl (C=O) groups is 1. The van der Waals surface area contributed by atoms with Crippen LogP contribution in [0.5, 0.6) is 0 Å². The molecule has 1 aromatic carbocycles. The standard InChI is InChI=1S/C9H8N2.C7H6N4O/c1-2-6-9-8(4-1)5-3-7-10-11-9;12-7(10-3-1-8-5-10)11-4-2-9-6-11/h1-7,11H;1-6H. The van der Waals surface area contributed by atoms with Gasteiger partial charge in [-0.2, -0.15) is 5.10 Å². The van der Waals surface area contributed by atoms with Crippen LogP contribution in [-0.4, -0.2) is 31.3 Å². The maximum absolute atomic E-state index is 11.4. The Morgan fingerprint density at radius 3 is 2.35 bits per heavy atom. The number of anilines is 1. The highest BCUT2D eigenvalue weighted by Gasteiger charge is 2.03. The highest BCUT2D eigenvalue weighted by molar-refractivity contribution is 5.83. The molecule has 0 amide bonds. The van der Waals surface area contributed by atoms with Crippen LogP contribution in [0, 0.1) is 0 Å². The van der Waals surface area contributed by atoms with E-state index in [4.69, 9.17) is 0 Å². The van der Waals surface area contributed by atoms with Gasteiger partial charge in [0.2, 0.25) is 0 Å². The molecular formula is C16H14N6O. The van der Waals surface area contributed by atoms with Crippen molar-refractivity contribution < 1.29 is 4.79 Å². The van der Waals surface area contributed by atoms with Crippen molar-refractivity contribution in [2.75, 3.05) is 5.43 Å². The predicted molar refractivity (Wildman–Crippen MR) is 88.2 cm³/mol. The number of carbonyl (C=O) groups excluding carboxylic acids is 1. The number of nitrogens with one attached hydrogen (secondary N) is 1. The van der Waals surface area contributed by atoms with Crippen LogP contribution in [0.25, 0.3) is 6.08 Å². The van der Waals surface area contributed by atoms with Crippen molar-refractivity contribution in [1.29, 1.82) is 0 Å². The van der Waals surface area contributed by atoms with Crippen molar-refractivity contribution in [2.45, 2.75) is 0 Å². The number of imidazole rings is 2. The Morgan fingerprint density at radius 2 is 1.70 bits per heavy atom. The first-order valence-corrected chi connectivity index (χ1v) is 6.90. The molecule has 0 saturated carbocycles. The zero-order valence-corrected chi connectivity index (χ0v) is 12.1. The van der Waals surface area contributed by atoms with Crippen molar-refractivity contribution in [1.82, 2.24) is 19.1 Å². The smallest absolute Gasteiger partial charge is 0.278 e. The molecule has 2 aromatic heterocycles. The zero-order chi connectivity index (χ0) is 15.9. The van der Waals surface area contributed by atoms with Gasteiger partial charge in [0, 0.05) is 31.0 Å². The Kier molecular flexibility index (Phi) is 4.39. The fourth-order valence-electron chi connectivity index (χ4n) is 1.92. The first-order chi connectivity index (χ1) is 11.3. The summed E-state index contributed by atoms with van der Waals surface area (Å²) in [6, 6.07) is 7.86. The lowest BCUT2D eigenvalue weighted by atomic mass is 10.2. The SMILES string of the molecule is C1=Cc2ccccc2NN=C1.O=C(n1ccnc1)n1ccnc1. The number of para-hydroxylation sites is 1. The fraction of sp³-hybridized carbons (Fsp3) is 0. The highest BCUT2D eigenvalue weighted by atomic mass is 16.2.